The lowest BCUT2D eigenvalue weighted by molar-refractivity contribution is 0.968. The summed E-state index contributed by atoms with van der Waals surface area (Å²) in [5.41, 5.74) is 7.17. The van der Waals surface area contributed by atoms with Gasteiger partial charge in [0.2, 0.25) is 0 Å². The van der Waals surface area contributed by atoms with Gasteiger partial charge in [0.15, 0.2) is 0 Å². The van der Waals surface area contributed by atoms with Crippen LogP contribution in [0, 0.1) is 0 Å². The van der Waals surface area contributed by atoms with Gasteiger partial charge < -0.3 is 16.0 Å². The molecule has 0 aliphatic heterocycles. The summed E-state index contributed by atoms with van der Waals surface area (Å²) in [7, 11) is 0. The molecule has 0 atom stereocenters. The number of aromatic nitrogens is 3. The van der Waals surface area contributed by atoms with Crippen LogP contribution >= 0.6 is 11.6 Å². The van der Waals surface area contributed by atoms with Crippen LogP contribution in [0.2, 0.25) is 5.02 Å². The topological polar surface area (TPSA) is 79.6 Å². The van der Waals surface area contributed by atoms with Crippen LogP contribution in [0.15, 0.2) is 24.8 Å². The average molecular weight is 238 g/mol. The molecule has 0 fully saturated rings. The van der Waals surface area contributed by atoms with Crippen LogP contribution in [0.1, 0.15) is 5.69 Å². The normalized spacial score (nSPS) is 10.3. The van der Waals surface area contributed by atoms with Crippen molar-refractivity contribution in [1.82, 2.24) is 15.0 Å². The first-order valence-electron chi connectivity index (χ1n) is 4.88. The number of hydrogen-bond donors (Lipinski definition) is 3. The molecule has 0 amide bonds. The van der Waals surface area contributed by atoms with E-state index in [1.165, 1.54) is 0 Å². The van der Waals surface area contributed by atoms with E-state index in [-0.39, 0.29) is 0 Å². The third-order valence-corrected chi connectivity index (χ3v) is 2.39. The van der Waals surface area contributed by atoms with E-state index in [0.717, 1.165) is 18.7 Å². The number of hydrogen-bond acceptors (Lipinski definition) is 4. The molecular weight excluding hydrogens is 226 g/mol. The van der Waals surface area contributed by atoms with Gasteiger partial charge in [-0.2, -0.15) is 0 Å². The van der Waals surface area contributed by atoms with Crippen LogP contribution < -0.4 is 11.1 Å². The predicted molar refractivity (Wildman–Crippen MR) is 64.4 cm³/mol. The van der Waals surface area contributed by atoms with E-state index in [1.807, 2.05) is 0 Å². The van der Waals surface area contributed by atoms with E-state index >= 15 is 0 Å². The second-order valence-electron chi connectivity index (χ2n) is 3.35. The number of nitrogens with one attached hydrogen (secondary N) is 2. The van der Waals surface area contributed by atoms with E-state index in [4.69, 9.17) is 17.3 Å². The van der Waals surface area contributed by atoms with Gasteiger partial charge >= 0.3 is 0 Å². The maximum Gasteiger partial charge on any atom is 0.144 e. The highest BCUT2D eigenvalue weighted by Gasteiger charge is 2.01. The van der Waals surface area contributed by atoms with Crippen molar-refractivity contribution in [3.63, 3.8) is 0 Å². The van der Waals surface area contributed by atoms with E-state index in [0.29, 0.717) is 16.5 Å². The smallest absolute Gasteiger partial charge is 0.144 e. The second kappa shape index (κ2) is 4.85. The zero-order valence-electron chi connectivity index (χ0n) is 8.57. The SMILES string of the molecule is Nc1cnc(NCCc2cnc[nH]2)c(Cl)c1. The highest BCUT2D eigenvalue weighted by molar-refractivity contribution is 6.33. The summed E-state index contributed by atoms with van der Waals surface area (Å²) < 4.78 is 0. The second-order valence-corrected chi connectivity index (χ2v) is 3.76. The largest absolute Gasteiger partial charge is 0.397 e. The number of nitrogens with two attached hydrogens (primary N) is 1. The molecule has 2 heterocycles. The zero-order valence-corrected chi connectivity index (χ0v) is 9.33. The van der Waals surface area contributed by atoms with Crippen molar-refractivity contribution >= 4 is 23.1 Å². The molecule has 0 aromatic carbocycles. The first kappa shape index (κ1) is 10.8. The molecular formula is C10H12ClN5. The van der Waals surface area contributed by atoms with Crippen LogP contribution in [0.3, 0.4) is 0 Å². The number of anilines is 2. The Hall–Kier alpha value is -1.75. The van der Waals surface area contributed by atoms with Crippen molar-refractivity contribution < 1.29 is 0 Å². The third kappa shape index (κ3) is 2.64. The number of nitrogen functional groups attached to an aromatic ring is 1. The van der Waals surface area contributed by atoms with Crippen LogP contribution in [-0.2, 0) is 6.42 Å². The molecule has 84 valence electrons. The number of imidazole rings is 1. The van der Waals surface area contributed by atoms with Gasteiger partial charge in [-0.1, -0.05) is 11.6 Å². The molecule has 0 aliphatic carbocycles. The molecule has 0 aliphatic rings. The summed E-state index contributed by atoms with van der Waals surface area (Å²) in [6.45, 7) is 0.735. The highest BCUT2D eigenvalue weighted by atomic mass is 35.5. The van der Waals surface area contributed by atoms with Gasteiger partial charge in [-0.05, 0) is 6.07 Å². The number of halogens is 1. The number of rotatable bonds is 4. The van der Waals surface area contributed by atoms with Crippen LogP contribution in [0.25, 0.3) is 0 Å². The summed E-state index contributed by atoms with van der Waals surface area (Å²) in [6.07, 6.45) is 5.86. The minimum absolute atomic E-state index is 0.532. The fraction of sp³-hybridized carbons (Fsp3) is 0.200. The first-order chi connectivity index (χ1) is 7.75. The van der Waals surface area contributed by atoms with E-state index < -0.39 is 0 Å². The number of pyridine rings is 1. The van der Waals surface area contributed by atoms with Gasteiger partial charge in [-0.25, -0.2) is 9.97 Å². The molecule has 2 aromatic heterocycles. The van der Waals surface area contributed by atoms with Crippen molar-refractivity contribution in [1.29, 1.82) is 0 Å². The van der Waals surface area contributed by atoms with E-state index in [1.54, 1.807) is 24.8 Å². The maximum absolute atomic E-state index is 5.97. The van der Waals surface area contributed by atoms with Crippen LogP contribution in [0.5, 0.6) is 0 Å². The van der Waals surface area contributed by atoms with Gasteiger partial charge in [0.05, 0.1) is 23.2 Å². The molecule has 0 unspecified atom stereocenters. The zero-order chi connectivity index (χ0) is 11.4. The maximum atomic E-state index is 5.97. The minimum Gasteiger partial charge on any atom is -0.397 e. The molecule has 16 heavy (non-hydrogen) atoms. The summed E-state index contributed by atoms with van der Waals surface area (Å²) in [4.78, 5) is 11.1. The summed E-state index contributed by atoms with van der Waals surface area (Å²) in [5.74, 6) is 0.649. The van der Waals surface area contributed by atoms with Crippen molar-refractivity contribution in [2.45, 2.75) is 6.42 Å². The molecule has 0 radical (unpaired) electrons. The molecule has 5 nitrogen and oxygen atoms in total. The Balaban J connectivity index is 1.90. The molecule has 0 bridgehead atoms. The minimum atomic E-state index is 0.532. The first-order valence-corrected chi connectivity index (χ1v) is 5.25. The predicted octanol–water partition coefficient (Wildman–Crippen LogP) is 1.69. The molecule has 0 saturated heterocycles. The van der Waals surface area contributed by atoms with E-state index in [2.05, 4.69) is 20.3 Å². The highest BCUT2D eigenvalue weighted by Crippen LogP contribution is 2.20. The number of nitrogens with zero attached hydrogens (tertiary/aromatic N) is 2. The van der Waals surface area contributed by atoms with Gasteiger partial charge in [0.25, 0.3) is 0 Å². The van der Waals surface area contributed by atoms with Gasteiger partial charge in [-0.15, -0.1) is 0 Å². The van der Waals surface area contributed by atoms with Crippen molar-refractivity contribution in [2.24, 2.45) is 0 Å². The Morgan fingerprint density at radius 3 is 3.00 bits per heavy atom. The van der Waals surface area contributed by atoms with Crippen molar-refractivity contribution in [3.8, 4) is 0 Å². The fourth-order valence-corrected chi connectivity index (χ4v) is 1.56. The van der Waals surface area contributed by atoms with Gasteiger partial charge in [0.1, 0.15) is 5.82 Å². The Kier molecular flexibility index (Phi) is 3.26. The Bertz CT molecular complexity index is 454. The molecule has 2 aromatic rings. The van der Waals surface area contributed by atoms with Gasteiger partial charge in [0, 0.05) is 24.9 Å². The Labute approximate surface area is 98.1 Å². The monoisotopic (exact) mass is 237 g/mol. The average Bonchev–Trinajstić information content (AvgIpc) is 2.74. The molecule has 6 heteroatoms. The van der Waals surface area contributed by atoms with E-state index in [9.17, 15) is 0 Å². The number of aromatic amines is 1. The van der Waals surface area contributed by atoms with Crippen LogP contribution in [0.4, 0.5) is 11.5 Å². The molecule has 0 saturated carbocycles. The summed E-state index contributed by atoms with van der Waals surface area (Å²) >= 11 is 5.97. The fourth-order valence-electron chi connectivity index (χ4n) is 1.32. The Morgan fingerprint density at radius 2 is 2.31 bits per heavy atom. The third-order valence-electron chi connectivity index (χ3n) is 2.10. The summed E-state index contributed by atoms with van der Waals surface area (Å²) in [6, 6.07) is 1.67. The quantitative estimate of drug-likeness (QED) is 0.756. The lowest BCUT2D eigenvalue weighted by atomic mass is 10.3. The standard InChI is InChI=1S/C10H12ClN5/c11-9-3-7(12)4-15-10(9)14-2-1-8-5-13-6-16-8/h3-6H,1-2,12H2,(H,13,16)(H,14,15). The summed E-state index contributed by atoms with van der Waals surface area (Å²) in [5, 5.41) is 3.66. The lowest BCUT2D eigenvalue weighted by Crippen LogP contribution is -2.07. The molecule has 4 N–H and O–H groups in total. The number of H-pyrrole nitrogens is 1. The van der Waals surface area contributed by atoms with Crippen molar-refractivity contribution in [3.05, 3.63) is 35.5 Å². The van der Waals surface area contributed by atoms with Crippen molar-refractivity contribution in [2.75, 3.05) is 17.6 Å². The van der Waals surface area contributed by atoms with Crippen LogP contribution in [-0.4, -0.2) is 21.5 Å². The Morgan fingerprint density at radius 1 is 1.44 bits per heavy atom. The molecule has 2 rings (SSSR count). The van der Waals surface area contributed by atoms with Gasteiger partial charge in [-0.3, -0.25) is 0 Å². The molecule has 0 spiro atoms. The lowest BCUT2D eigenvalue weighted by Gasteiger charge is -2.06.